The van der Waals surface area contributed by atoms with Gasteiger partial charge in [-0.15, -0.1) is 0 Å². The van der Waals surface area contributed by atoms with Crippen molar-refractivity contribution in [3.63, 3.8) is 0 Å². The average molecular weight is 249 g/mol. The van der Waals surface area contributed by atoms with Crippen molar-refractivity contribution in [2.75, 3.05) is 13.2 Å². The summed E-state index contributed by atoms with van der Waals surface area (Å²) in [5, 5.41) is 13.3. The van der Waals surface area contributed by atoms with Crippen LogP contribution in [0, 0.1) is 0 Å². The second-order valence-corrected chi connectivity index (χ2v) is 5.81. The molecule has 0 radical (unpaired) electrons. The van der Waals surface area contributed by atoms with Crippen molar-refractivity contribution in [2.45, 2.75) is 44.4 Å². The maximum absolute atomic E-state index is 9.73. The molecule has 1 heterocycles. The Bertz CT molecular complexity index is 377. The molecule has 100 valence electrons. The molecule has 1 saturated heterocycles. The van der Waals surface area contributed by atoms with Crippen LogP contribution in [0.5, 0.6) is 0 Å². The highest BCUT2D eigenvalue weighted by Crippen LogP contribution is 2.31. The zero-order valence-corrected chi connectivity index (χ0v) is 11.3. The molecule has 1 aromatic carbocycles. The maximum atomic E-state index is 9.73. The Labute approximate surface area is 109 Å². The topological polar surface area (TPSA) is 41.5 Å². The van der Waals surface area contributed by atoms with Gasteiger partial charge in [-0.25, -0.2) is 0 Å². The van der Waals surface area contributed by atoms with Crippen molar-refractivity contribution in [1.29, 1.82) is 0 Å². The summed E-state index contributed by atoms with van der Waals surface area (Å²) in [4.78, 5) is 0. The van der Waals surface area contributed by atoms with E-state index in [9.17, 15) is 5.11 Å². The van der Waals surface area contributed by atoms with Crippen molar-refractivity contribution in [3.05, 3.63) is 35.9 Å². The predicted molar refractivity (Wildman–Crippen MR) is 72.4 cm³/mol. The molecule has 0 saturated carbocycles. The Balaban J connectivity index is 2.00. The van der Waals surface area contributed by atoms with Gasteiger partial charge in [-0.2, -0.15) is 0 Å². The molecule has 1 aromatic rings. The molecule has 1 aliphatic heterocycles. The third-order valence-electron chi connectivity index (χ3n) is 3.65. The molecule has 2 rings (SSSR count). The van der Waals surface area contributed by atoms with Gasteiger partial charge in [0.05, 0.1) is 12.2 Å². The number of nitrogens with one attached hydrogen (secondary N) is 1. The van der Waals surface area contributed by atoms with Crippen molar-refractivity contribution in [3.8, 4) is 0 Å². The Morgan fingerprint density at radius 2 is 2.00 bits per heavy atom. The van der Waals surface area contributed by atoms with Gasteiger partial charge >= 0.3 is 0 Å². The minimum atomic E-state index is -0.211. The number of hydrogen-bond donors (Lipinski definition) is 2. The monoisotopic (exact) mass is 249 g/mol. The number of rotatable bonds is 4. The van der Waals surface area contributed by atoms with E-state index in [0.29, 0.717) is 6.61 Å². The summed E-state index contributed by atoms with van der Waals surface area (Å²) in [7, 11) is 0. The number of aliphatic hydroxyl groups is 1. The quantitative estimate of drug-likeness (QED) is 0.858. The first-order valence-electron chi connectivity index (χ1n) is 6.59. The summed E-state index contributed by atoms with van der Waals surface area (Å²) in [6.45, 7) is 5.82. The van der Waals surface area contributed by atoms with E-state index in [1.54, 1.807) is 0 Å². The second kappa shape index (κ2) is 5.39. The van der Waals surface area contributed by atoms with Gasteiger partial charge in [0, 0.05) is 18.7 Å². The fraction of sp³-hybridized carbons (Fsp3) is 0.600. The molecule has 1 atom stereocenters. The number of hydrogen-bond acceptors (Lipinski definition) is 3. The van der Waals surface area contributed by atoms with Crippen LogP contribution in [-0.4, -0.2) is 29.5 Å². The first-order valence-corrected chi connectivity index (χ1v) is 6.59. The van der Waals surface area contributed by atoms with Gasteiger partial charge < -0.3 is 15.2 Å². The molecule has 0 aliphatic carbocycles. The minimum absolute atomic E-state index is 0.159. The van der Waals surface area contributed by atoms with Crippen molar-refractivity contribution >= 4 is 0 Å². The average Bonchev–Trinajstić information content (AvgIpc) is 2.37. The maximum Gasteiger partial charge on any atom is 0.0645 e. The molecule has 0 aromatic heterocycles. The van der Waals surface area contributed by atoms with Crippen LogP contribution in [0.25, 0.3) is 0 Å². The van der Waals surface area contributed by atoms with E-state index >= 15 is 0 Å². The lowest BCUT2D eigenvalue weighted by Gasteiger charge is -2.44. The summed E-state index contributed by atoms with van der Waals surface area (Å²) < 4.78 is 5.72. The normalized spacial score (nSPS) is 27.1. The van der Waals surface area contributed by atoms with Gasteiger partial charge in [0.1, 0.15) is 0 Å². The molecule has 0 amide bonds. The lowest BCUT2D eigenvalue weighted by Crippen LogP contribution is -2.56. The fourth-order valence-corrected chi connectivity index (χ4v) is 2.70. The second-order valence-electron chi connectivity index (χ2n) is 5.81. The predicted octanol–water partition coefficient (Wildman–Crippen LogP) is 2.10. The lowest BCUT2D eigenvalue weighted by atomic mass is 9.81. The Hall–Kier alpha value is -0.900. The highest BCUT2D eigenvalue weighted by atomic mass is 16.5. The Morgan fingerprint density at radius 1 is 1.28 bits per heavy atom. The van der Waals surface area contributed by atoms with Gasteiger partial charge in [-0.05, 0) is 32.3 Å². The molecule has 18 heavy (non-hydrogen) atoms. The van der Waals surface area contributed by atoms with Crippen LogP contribution < -0.4 is 5.32 Å². The fourth-order valence-electron chi connectivity index (χ4n) is 2.70. The van der Waals surface area contributed by atoms with Crippen molar-refractivity contribution in [1.82, 2.24) is 5.32 Å². The van der Waals surface area contributed by atoms with E-state index in [1.165, 1.54) is 5.56 Å². The van der Waals surface area contributed by atoms with Crippen LogP contribution >= 0.6 is 0 Å². The summed E-state index contributed by atoms with van der Waals surface area (Å²) in [5.41, 5.74) is 0.872. The molecule has 3 nitrogen and oxygen atoms in total. The van der Waals surface area contributed by atoms with E-state index in [4.69, 9.17) is 4.74 Å². The summed E-state index contributed by atoms with van der Waals surface area (Å²) in [6.07, 6.45) is 1.70. The largest absolute Gasteiger partial charge is 0.394 e. The van der Waals surface area contributed by atoms with Crippen LogP contribution in [0.4, 0.5) is 0 Å². The first-order chi connectivity index (χ1) is 8.55. The van der Waals surface area contributed by atoms with E-state index in [1.807, 2.05) is 18.2 Å². The van der Waals surface area contributed by atoms with Crippen molar-refractivity contribution < 1.29 is 9.84 Å². The van der Waals surface area contributed by atoms with Crippen LogP contribution in [0.3, 0.4) is 0 Å². The van der Waals surface area contributed by atoms with Gasteiger partial charge in [-0.3, -0.25) is 0 Å². The smallest absolute Gasteiger partial charge is 0.0645 e. The van der Waals surface area contributed by atoms with E-state index < -0.39 is 0 Å². The lowest BCUT2D eigenvalue weighted by molar-refractivity contribution is -0.0985. The highest BCUT2D eigenvalue weighted by Gasteiger charge is 2.40. The molecule has 3 heteroatoms. The van der Waals surface area contributed by atoms with Gasteiger partial charge in [0.15, 0.2) is 0 Å². The highest BCUT2D eigenvalue weighted by molar-refractivity contribution is 5.15. The molecule has 1 unspecified atom stereocenters. The molecule has 0 spiro atoms. The summed E-state index contributed by atoms with van der Waals surface area (Å²) in [6, 6.07) is 10.3. The third-order valence-corrected chi connectivity index (χ3v) is 3.65. The molecular weight excluding hydrogens is 226 g/mol. The van der Waals surface area contributed by atoms with E-state index in [2.05, 4.69) is 31.3 Å². The SMILES string of the molecule is CC1(C)CC(CO)(NCc2ccccc2)CCO1. The third kappa shape index (κ3) is 3.31. The number of aliphatic hydroxyl groups excluding tert-OH is 1. The standard InChI is InChI=1S/C15H23NO2/c1-14(2)11-15(12-17,8-9-18-14)16-10-13-6-4-3-5-7-13/h3-7,16-17H,8-12H2,1-2H3. The molecule has 1 aliphatic rings. The molecule has 0 bridgehead atoms. The minimum Gasteiger partial charge on any atom is -0.394 e. The van der Waals surface area contributed by atoms with Gasteiger partial charge in [-0.1, -0.05) is 30.3 Å². The number of ether oxygens (including phenoxy) is 1. The first kappa shape index (κ1) is 13.5. The van der Waals surface area contributed by atoms with Gasteiger partial charge in [0.2, 0.25) is 0 Å². The molecule has 1 fully saturated rings. The zero-order chi connectivity index (χ0) is 13.1. The van der Waals surface area contributed by atoms with Crippen LogP contribution in [0.15, 0.2) is 30.3 Å². The van der Waals surface area contributed by atoms with Crippen molar-refractivity contribution in [2.24, 2.45) is 0 Å². The van der Waals surface area contributed by atoms with Crippen LogP contribution in [0.1, 0.15) is 32.3 Å². The zero-order valence-electron chi connectivity index (χ0n) is 11.3. The van der Waals surface area contributed by atoms with Gasteiger partial charge in [0.25, 0.3) is 0 Å². The van der Waals surface area contributed by atoms with E-state index in [-0.39, 0.29) is 17.7 Å². The van der Waals surface area contributed by atoms with Crippen LogP contribution in [-0.2, 0) is 11.3 Å². The summed E-state index contributed by atoms with van der Waals surface area (Å²) in [5.74, 6) is 0. The van der Waals surface area contributed by atoms with E-state index in [0.717, 1.165) is 19.4 Å². The molecule has 2 N–H and O–H groups in total. The molecular formula is C15H23NO2. The Morgan fingerprint density at radius 3 is 2.61 bits per heavy atom. The summed E-state index contributed by atoms with van der Waals surface area (Å²) >= 11 is 0. The van der Waals surface area contributed by atoms with Crippen LogP contribution in [0.2, 0.25) is 0 Å². The number of benzene rings is 1. The Kier molecular flexibility index (Phi) is 4.05.